The minimum atomic E-state index is -0.379. The topological polar surface area (TPSA) is 45.2 Å². The van der Waals surface area contributed by atoms with Crippen LogP contribution in [0, 0.1) is 19.8 Å². The molecular weight excluding hydrogens is 208 g/mol. The van der Waals surface area contributed by atoms with Gasteiger partial charge in [0.05, 0.1) is 5.69 Å². The Morgan fingerprint density at radius 1 is 1.53 bits per heavy atom. The van der Waals surface area contributed by atoms with E-state index >= 15 is 0 Å². The number of hydrogen-bond donors (Lipinski definition) is 2. The van der Waals surface area contributed by atoms with Gasteiger partial charge >= 0.3 is 0 Å². The van der Waals surface area contributed by atoms with E-state index in [1.165, 1.54) is 4.88 Å². The number of nitrogens with zero attached hydrogens (tertiary/aromatic N) is 1. The van der Waals surface area contributed by atoms with E-state index in [1.54, 1.807) is 11.3 Å². The monoisotopic (exact) mass is 226 g/mol. The smallest absolute Gasteiger partial charge is 0.122 e. The molecule has 15 heavy (non-hydrogen) atoms. The molecule has 0 aliphatic carbocycles. The first kappa shape index (κ1) is 11.0. The molecule has 0 radical (unpaired) electrons. The van der Waals surface area contributed by atoms with E-state index in [0.717, 1.165) is 36.6 Å². The molecule has 2 rings (SSSR count). The van der Waals surface area contributed by atoms with Gasteiger partial charge in [0.2, 0.25) is 0 Å². The quantitative estimate of drug-likeness (QED) is 0.808. The van der Waals surface area contributed by atoms with Gasteiger partial charge in [0.25, 0.3) is 0 Å². The zero-order chi connectivity index (χ0) is 10.8. The van der Waals surface area contributed by atoms with E-state index < -0.39 is 0 Å². The third-order valence-electron chi connectivity index (χ3n) is 3.08. The van der Waals surface area contributed by atoms with Gasteiger partial charge in [-0.3, -0.25) is 0 Å². The van der Waals surface area contributed by atoms with Crippen LogP contribution in [0.2, 0.25) is 0 Å². The second-order valence-corrected chi connectivity index (χ2v) is 5.48. The number of rotatable bonds is 2. The van der Waals surface area contributed by atoms with Gasteiger partial charge in [-0.25, -0.2) is 4.98 Å². The SMILES string of the molecule is Cc1nc(C(O)C2CCCNC2)sc1C. The van der Waals surface area contributed by atoms with Gasteiger partial charge in [0.15, 0.2) is 0 Å². The third kappa shape index (κ3) is 2.38. The van der Waals surface area contributed by atoms with Gasteiger partial charge in [-0.2, -0.15) is 0 Å². The Kier molecular flexibility index (Phi) is 3.38. The number of nitrogens with one attached hydrogen (secondary N) is 1. The van der Waals surface area contributed by atoms with Crippen LogP contribution >= 0.6 is 11.3 Å². The molecule has 4 heteroatoms. The standard InChI is InChI=1S/C11H18N2OS/c1-7-8(2)15-11(13-7)10(14)9-4-3-5-12-6-9/h9-10,12,14H,3-6H2,1-2H3. The molecule has 0 aromatic carbocycles. The van der Waals surface area contributed by atoms with Crippen LogP contribution < -0.4 is 5.32 Å². The van der Waals surface area contributed by atoms with E-state index in [9.17, 15) is 5.11 Å². The Labute approximate surface area is 94.5 Å². The van der Waals surface area contributed by atoms with Gasteiger partial charge in [-0.1, -0.05) is 0 Å². The van der Waals surface area contributed by atoms with Crippen molar-refractivity contribution in [3.05, 3.63) is 15.6 Å². The fraction of sp³-hybridized carbons (Fsp3) is 0.727. The Morgan fingerprint density at radius 2 is 2.33 bits per heavy atom. The summed E-state index contributed by atoms with van der Waals surface area (Å²) in [4.78, 5) is 5.64. The van der Waals surface area contributed by atoms with Crippen LogP contribution in [0.3, 0.4) is 0 Å². The molecule has 0 saturated carbocycles. The number of aliphatic hydroxyl groups is 1. The van der Waals surface area contributed by atoms with Gasteiger partial charge in [0, 0.05) is 17.3 Å². The van der Waals surface area contributed by atoms with Crippen LogP contribution in [0.15, 0.2) is 0 Å². The van der Waals surface area contributed by atoms with Gasteiger partial charge < -0.3 is 10.4 Å². The summed E-state index contributed by atoms with van der Waals surface area (Å²) in [5.74, 6) is 0.337. The van der Waals surface area contributed by atoms with Crippen LogP contribution in [0.4, 0.5) is 0 Å². The number of aryl methyl sites for hydroxylation is 2. The zero-order valence-electron chi connectivity index (χ0n) is 9.29. The van der Waals surface area contributed by atoms with Gasteiger partial charge in [-0.15, -0.1) is 11.3 Å². The molecular formula is C11H18N2OS. The number of aromatic nitrogens is 1. The molecule has 1 fully saturated rings. The van der Waals surface area contributed by atoms with Crippen molar-refractivity contribution < 1.29 is 5.11 Å². The average Bonchev–Trinajstić information content (AvgIpc) is 2.59. The Morgan fingerprint density at radius 3 is 2.87 bits per heavy atom. The second-order valence-electron chi connectivity index (χ2n) is 4.24. The first-order valence-corrected chi connectivity index (χ1v) is 6.33. The first-order chi connectivity index (χ1) is 7.18. The molecule has 2 N–H and O–H groups in total. The maximum Gasteiger partial charge on any atom is 0.122 e. The molecule has 2 unspecified atom stereocenters. The third-order valence-corrected chi connectivity index (χ3v) is 4.22. The average molecular weight is 226 g/mol. The van der Waals surface area contributed by atoms with Crippen molar-refractivity contribution >= 4 is 11.3 Å². The largest absolute Gasteiger partial charge is 0.386 e. The maximum absolute atomic E-state index is 10.2. The minimum Gasteiger partial charge on any atom is -0.386 e. The fourth-order valence-electron chi connectivity index (χ4n) is 1.97. The maximum atomic E-state index is 10.2. The number of hydrogen-bond acceptors (Lipinski definition) is 4. The molecule has 1 aliphatic heterocycles. The van der Waals surface area contributed by atoms with E-state index in [4.69, 9.17) is 0 Å². The van der Waals surface area contributed by atoms with Crippen LogP contribution in [0.1, 0.15) is 34.5 Å². The van der Waals surface area contributed by atoms with E-state index in [1.807, 2.05) is 6.92 Å². The van der Waals surface area contributed by atoms with Crippen LogP contribution in [-0.2, 0) is 0 Å². The molecule has 84 valence electrons. The highest BCUT2D eigenvalue weighted by Gasteiger charge is 2.25. The molecule has 2 atom stereocenters. The van der Waals surface area contributed by atoms with Crippen molar-refractivity contribution in [2.75, 3.05) is 13.1 Å². The summed E-state index contributed by atoms with van der Waals surface area (Å²) < 4.78 is 0. The highest BCUT2D eigenvalue weighted by Crippen LogP contribution is 2.30. The molecule has 1 aromatic rings. The number of piperidine rings is 1. The van der Waals surface area contributed by atoms with Gasteiger partial charge in [0.1, 0.15) is 11.1 Å². The lowest BCUT2D eigenvalue weighted by atomic mass is 9.94. The highest BCUT2D eigenvalue weighted by atomic mass is 32.1. The number of aliphatic hydroxyl groups excluding tert-OH is 1. The molecule has 1 aromatic heterocycles. The highest BCUT2D eigenvalue weighted by molar-refractivity contribution is 7.11. The van der Waals surface area contributed by atoms with E-state index in [2.05, 4.69) is 17.2 Å². The summed E-state index contributed by atoms with van der Waals surface area (Å²) in [6.45, 7) is 6.06. The molecule has 0 amide bonds. The second kappa shape index (κ2) is 4.60. The number of thiazole rings is 1. The summed E-state index contributed by atoms with van der Waals surface area (Å²) >= 11 is 1.63. The molecule has 1 saturated heterocycles. The Bertz CT molecular complexity index is 312. The van der Waals surface area contributed by atoms with Crippen molar-refractivity contribution in [3.8, 4) is 0 Å². The first-order valence-electron chi connectivity index (χ1n) is 5.51. The summed E-state index contributed by atoms with van der Waals surface area (Å²) in [7, 11) is 0. The van der Waals surface area contributed by atoms with E-state index in [-0.39, 0.29) is 6.10 Å². The summed E-state index contributed by atoms with van der Waals surface area (Å²) in [6, 6.07) is 0. The minimum absolute atomic E-state index is 0.337. The van der Waals surface area contributed by atoms with Gasteiger partial charge in [-0.05, 0) is 33.2 Å². The fourth-order valence-corrected chi connectivity index (χ4v) is 2.98. The molecule has 0 spiro atoms. The summed E-state index contributed by atoms with van der Waals surface area (Å²) in [6.07, 6.45) is 1.88. The Balaban J connectivity index is 2.08. The van der Waals surface area contributed by atoms with Crippen LogP contribution in [0.5, 0.6) is 0 Å². The molecule has 2 heterocycles. The van der Waals surface area contributed by atoms with Crippen molar-refractivity contribution in [3.63, 3.8) is 0 Å². The lowest BCUT2D eigenvalue weighted by Gasteiger charge is -2.25. The molecule has 1 aliphatic rings. The van der Waals surface area contributed by atoms with Crippen molar-refractivity contribution in [2.24, 2.45) is 5.92 Å². The van der Waals surface area contributed by atoms with Crippen molar-refractivity contribution in [2.45, 2.75) is 32.8 Å². The zero-order valence-corrected chi connectivity index (χ0v) is 10.1. The lowest BCUT2D eigenvalue weighted by molar-refractivity contribution is 0.0918. The summed E-state index contributed by atoms with van der Waals surface area (Å²) in [5, 5.41) is 14.4. The predicted octanol–water partition coefficient (Wildman–Crippen LogP) is 1.79. The van der Waals surface area contributed by atoms with Crippen molar-refractivity contribution in [1.29, 1.82) is 0 Å². The summed E-state index contributed by atoms with van der Waals surface area (Å²) in [5.41, 5.74) is 1.05. The van der Waals surface area contributed by atoms with E-state index in [0.29, 0.717) is 5.92 Å². The molecule has 0 bridgehead atoms. The van der Waals surface area contributed by atoms with Crippen LogP contribution in [0.25, 0.3) is 0 Å². The Hall–Kier alpha value is -0.450. The molecule has 3 nitrogen and oxygen atoms in total. The normalized spacial score (nSPS) is 24.1. The lowest BCUT2D eigenvalue weighted by Crippen LogP contribution is -2.33. The van der Waals surface area contributed by atoms with Crippen molar-refractivity contribution in [1.82, 2.24) is 10.3 Å². The predicted molar refractivity (Wildman–Crippen MR) is 62.1 cm³/mol. The van der Waals surface area contributed by atoms with Crippen LogP contribution in [-0.4, -0.2) is 23.2 Å².